The maximum absolute atomic E-state index is 11.5. The summed E-state index contributed by atoms with van der Waals surface area (Å²) in [4.78, 5) is 26.3. The van der Waals surface area contributed by atoms with E-state index in [1.54, 1.807) is 0 Å². The third-order valence-corrected chi connectivity index (χ3v) is 2.60. The second-order valence-electron chi connectivity index (χ2n) is 3.61. The Labute approximate surface area is 96.7 Å². The van der Waals surface area contributed by atoms with Crippen LogP contribution in [0.25, 0.3) is 6.08 Å². The van der Waals surface area contributed by atoms with E-state index in [0.29, 0.717) is 5.56 Å². The van der Waals surface area contributed by atoms with Gasteiger partial charge in [-0.15, -0.1) is 0 Å². The van der Waals surface area contributed by atoms with Crippen LogP contribution in [-0.4, -0.2) is 29.1 Å². The highest BCUT2D eigenvalue weighted by Gasteiger charge is 2.41. The van der Waals surface area contributed by atoms with Gasteiger partial charge in [0, 0.05) is 11.8 Å². The van der Waals surface area contributed by atoms with Crippen molar-refractivity contribution in [1.29, 1.82) is 0 Å². The van der Waals surface area contributed by atoms with Crippen molar-refractivity contribution in [2.24, 2.45) is 5.73 Å². The van der Waals surface area contributed by atoms with E-state index in [-0.39, 0.29) is 11.3 Å². The monoisotopic (exact) mass is 234 g/mol. The summed E-state index contributed by atoms with van der Waals surface area (Å²) in [5, 5.41) is 10.2. The molecule has 1 amide bonds. The van der Waals surface area contributed by atoms with Gasteiger partial charge in [-0.25, -0.2) is 4.79 Å². The van der Waals surface area contributed by atoms with Crippen molar-refractivity contribution in [2.45, 2.75) is 5.60 Å². The second kappa shape index (κ2) is 3.67. The Bertz CT molecular complexity index is 538. The topological polar surface area (TPSA) is 103 Å². The van der Waals surface area contributed by atoms with Crippen molar-refractivity contribution in [2.75, 3.05) is 7.11 Å². The largest absolute Gasteiger partial charge is 0.466 e. The Morgan fingerprint density at radius 3 is 2.82 bits per heavy atom. The first-order chi connectivity index (χ1) is 7.99. The Balaban J connectivity index is 2.56. The first kappa shape index (κ1) is 11.3. The molecule has 6 nitrogen and oxygen atoms in total. The second-order valence-corrected chi connectivity index (χ2v) is 3.61. The standard InChI is InChI=1S/C11H10N2O4/c1-17-10(15)11(16)3-2-6-5-13-8(9(12)14)4-7(6)11/h2-5,16H,1H3,(H2,12,14)/t11-/m0/s1. The number of pyridine rings is 1. The van der Waals surface area contributed by atoms with Crippen molar-refractivity contribution in [1.82, 2.24) is 4.98 Å². The fourth-order valence-corrected chi connectivity index (χ4v) is 1.70. The minimum atomic E-state index is -1.88. The van der Waals surface area contributed by atoms with E-state index in [1.807, 2.05) is 0 Å². The number of aromatic nitrogens is 1. The molecule has 1 aromatic rings. The molecule has 0 saturated carbocycles. The van der Waals surface area contributed by atoms with Gasteiger partial charge in [0.1, 0.15) is 5.69 Å². The molecule has 2 rings (SSSR count). The molecule has 3 N–H and O–H groups in total. The number of aliphatic hydroxyl groups is 1. The van der Waals surface area contributed by atoms with Gasteiger partial charge in [0.15, 0.2) is 0 Å². The number of hydrogen-bond donors (Lipinski definition) is 2. The molecule has 1 aromatic heterocycles. The summed E-state index contributed by atoms with van der Waals surface area (Å²) in [7, 11) is 1.17. The summed E-state index contributed by atoms with van der Waals surface area (Å²) in [5.41, 5.74) is 3.98. The van der Waals surface area contributed by atoms with Gasteiger partial charge >= 0.3 is 5.97 Å². The average molecular weight is 234 g/mol. The maximum atomic E-state index is 11.5. The fourth-order valence-electron chi connectivity index (χ4n) is 1.70. The zero-order chi connectivity index (χ0) is 12.6. The minimum absolute atomic E-state index is 0.0187. The van der Waals surface area contributed by atoms with Crippen molar-refractivity contribution < 1.29 is 19.4 Å². The number of nitrogens with two attached hydrogens (primary N) is 1. The molecule has 0 bridgehead atoms. The van der Waals surface area contributed by atoms with Crippen molar-refractivity contribution >= 4 is 18.0 Å². The number of carbonyl (C=O) groups is 2. The van der Waals surface area contributed by atoms with E-state index >= 15 is 0 Å². The van der Waals surface area contributed by atoms with Crippen LogP contribution < -0.4 is 5.73 Å². The van der Waals surface area contributed by atoms with Gasteiger partial charge in [0.05, 0.1) is 7.11 Å². The van der Waals surface area contributed by atoms with Crippen LogP contribution in [0.15, 0.2) is 18.3 Å². The lowest BCUT2D eigenvalue weighted by Gasteiger charge is -2.19. The van der Waals surface area contributed by atoms with Gasteiger partial charge in [0.25, 0.3) is 5.91 Å². The number of amides is 1. The molecule has 0 aliphatic heterocycles. The molecule has 0 radical (unpaired) electrons. The lowest BCUT2D eigenvalue weighted by Crippen LogP contribution is -2.33. The van der Waals surface area contributed by atoms with Crippen LogP contribution in [0.1, 0.15) is 21.6 Å². The Hall–Kier alpha value is -2.21. The molecule has 1 aliphatic rings. The molecule has 0 fully saturated rings. The molecule has 0 saturated heterocycles. The first-order valence-electron chi connectivity index (χ1n) is 4.79. The molecule has 6 heteroatoms. The number of nitrogens with zero attached hydrogens (tertiary/aromatic N) is 1. The predicted molar refractivity (Wildman–Crippen MR) is 57.7 cm³/mol. The van der Waals surface area contributed by atoms with Crippen molar-refractivity contribution in [3.8, 4) is 0 Å². The van der Waals surface area contributed by atoms with Crippen LogP contribution in [0.2, 0.25) is 0 Å². The molecule has 0 aromatic carbocycles. The Morgan fingerprint density at radius 1 is 1.53 bits per heavy atom. The number of ether oxygens (including phenoxy) is 1. The third kappa shape index (κ3) is 1.58. The smallest absolute Gasteiger partial charge is 0.346 e. The average Bonchev–Trinajstić information content (AvgIpc) is 2.67. The number of rotatable bonds is 2. The minimum Gasteiger partial charge on any atom is -0.466 e. The zero-order valence-corrected chi connectivity index (χ0v) is 9.01. The lowest BCUT2D eigenvalue weighted by atomic mass is 9.96. The highest BCUT2D eigenvalue weighted by atomic mass is 16.5. The molecule has 1 heterocycles. The van der Waals surface area contributed by atoms with E-state index in [9.17, 15) is 14.7 Å². The van der Waals surface area contributed by atoms with Crippen LogP contribution in [0.5, 0.6) is 0 Å². The summed E-state index contributed by atoms with van der Waals surface area (Å²) in [5.74, 6) is -1.55. The summed E-state index contributed by atoms with van der Waals surface area (Å²) < 4.78 is 4.52. The van der Waals surface area contributed by atoms with Gasteiger partial charge < -0.3 is 15.6 Å². The number of primary amides is 1. The highest BCUT2D eigenvalue weighted by molar-refractivity contribution is 5.94. The Morgan fingerprint density at radius 2 is 2.24 bits per heavy atom. The van der Waals surface area contributed by atoms with Gasteiger partial charge in [-0.05, 0) is 17.7 Å². The Kier molecular flexibility index (Phi) is 2.44. The van der Waals surface area contributed by atoms with E-state index in [1.165, 1.54) is 31.5 Å². The van der Waals surface area contributed by atoms with Crippen LogP contribution >= 0.6 is 0 Å². The summed E-state index contributed by atoms with van der Waals surface area (Å²) in [6.45, 7) is 0. The van der Waals surface area contributed by atoms with E-state index in [0.717, 1.165) is 0 Å². The number of esters is 1. The lowest BCUT2D eigenvalue weighted by molar-refractivity contribution is -0.157. The van der Waals surface area contributed by atoms with E-state index in [2.05, 4.69) is 9.72 Å². The molecular formula is C11H10N2O4. The first-order valence-corrected chi connectivity index (χ1v) is 4.79. The number of hydrogen-bond acceptors (Lipinski definition) is 5. The van der Waals surface area contributed by atoms with Gasteiger partial charge in [-0.2, -0.15) is 0 Å². The van der Waals surface area contributed by atoms with Crippen LogP contribution in [-0.2, 0) is 15.1 Å². The summed E-state index contributed by atoms with van der Waals surface area (Å²) in [6.07, 6.45) is 4.19. The van der Waals surface area contributed by atoms with Gasteiger partial charge in [-0.3, -0.25) is 9.78 Å². The molecule has 88 valence electrons. The summed E-state index contributed by atoms with van der Waals surface area (Å²) >= 11 is 0. The predicted octanol–water partition coefficient (Wildman–Crippen LogP) is -0.432. The quantitative estimate of drug-likeness (QED) is 0.676. The van der Waals surface area contributed by atoms with Crippen molar-refractivity contribution in [3.05, 3.63) is 35.2 Å². The van der Waals surface area contributed by atoms with Crippen LogP contribution in [0.4, 0.5) is 0 Å². The molecule has 0 unspecified atom stereocenters. The zero-order valence-electron chi connectivity index (χ0n) is 9.01. The fraction of sp³-hybridized carbons (Fsp3) is 0.182. The summed E-state index contributed by atoms with van der Waals surface area (Å²) in [6, 6.07) is 1.29. The maximum Gasteiger partial charge on any atom is 0.346 e. The van der Waals surface area contributed by atoms with E-state index < -0.39 is 17.5 Å². The SMILES string of the molecule is COC(=O)[C@]1(O)C=Cc2cnc(C(N)=O)cc21. The molecule has 1 aliphatic carbocycles. The highest BCUT2D eigenvalue weighted by Crippen LogP contribution is 2.34. The number of carbonyl (C=O) groups excluding carboxylic acids is 2. The van der Waals surface area contributed by atoms with Crippen LogP contribution in [0, 0.1) is 0 Å². The van der Waals surface area contributed by atoms with Gasteiger partial charge in [-0.1, -0.05) is 6.08 Å². The van der Waals surface area contributed by atoms with Crippen molar-refractivity contribution in [3.63, 3.8) is 0 Å². The molecule has 0 spiro atoms. The van der Waals surface area contributed by atoms with E-state index in [4.69, 9.17) is 5.73 Å². The molecule has 1 atom stereocenters. The molecular weight excluding hydrogens is 224 g/mol. The molecule has 17 heavy (non-hydrogen) atoms. The number of fused-ring (bicyclic) bond motifs is 1. The van der Waals surface area contributed by atoms with Gasteiger partial charge in [0.2, 0.25) is 5.60 Å². The number of methoxy groups -OCH3 is 1. The normalized spacial score (nSPS) is 21.1. The third-order valence-electron chi connectivity index (χ3n) is 2.60. The van der Waals surface area contributed by atoms with Crippen LogP contribution in [0.3, 0.4) is 0 Å².